The SMILES string of the molecule is CN(C(=O)C1CC=CC1)c1ccc(C(=O)O)cc1. The molecule has 1 aliphatic rings. The first-order valence-corrected chi connectivity index (χ1v) is 5.85. The third-order valence-corrected chi connectivity index (χ3v) is 3.19. The maximum Gasteiger partial charge on any atom is 0.335 e. The van der Waals surface area contributed by atoms with E-state index < -0.39 is 5.97 Å². The normalized spacial score (nSPS) is 14.7. The van der Waals surface area contributed by atoms with Gasteiger partial charge in [0.05, 0.1) is 5.56 Å². The van der Waals surface area contributed by atoms with Crippen LogP contribution in [0, 0.1) is 5.92 Å². The van der Waals surface area contributed by atoms with Gasteiger partial charge in [0.1, 0.15) is 0 Å². The number of hydrogen-bond acceptors (Lipinski definition) is 2. The van der Waals surface area contributed by atoms with E-state index in [2.05, 4.69) is 0 Å². The lowest BCUT2D eigenvalue weighted by Crippen LogP contribution is -2.31. The van der Waals surface area contributed by atoms with Crippen LogP contribution >= 0.6 is 0 Å². The van der Waals surface area contributed by atoms with Gasteiger partial charge in [-0.25, -0.2) is 4.79 Å². The maximum absolute atomic E-state index is 12.1. The van der Waals surface area contributed by atoms with Crippen LogP contribution in [0.3, 0.4) is 0 Å². The van der Waals surface area contributed by atoms with Gasteiger partial charge in [0.25, 0.3) is 0 Å². The van der Waals surface area contributed by atoms with Gasteiger partial charge in [-0.1, -0.05) is 12.2 Å². The molecule has 4 nitrogen and oxygen atoms in total. The van der Waals surface area contributed by atoms with Crippen molar-refractivity contribution in [2.24, 2.45) is 5.92 Å². The number of carboxylic acids is 1. The second-order valence-corrected chi connectivity index (χ2v) is 4.39. The summed E-state index contributed by atoms with van der Waals surface area (Å²) < 4.78 is 0. The van der Waals surface area contributed by atoms with E-state index in [9.17, 15) is 9.59 Å². The fourth-order valence-electron chi connectivity index (χ4n) is 2.05. The van der Waals surface area contributed by atoms with E-state index in [4.69, 9.17) is 5.11 Å². The molecule has 0 heterocycles. The number of carboxylic acid groups (broad SMARTS) is 1. The lowest BCUT2D eigenvalue weighted by atomic mass is 10.1. The molecule has 4 heteroatoms. The molecule has 0 unspecified atom stereocenters. The summed E-state index contributed by atoms with van der Waals surface area (Å²) in [7, 11) is 1.72. The molecule has 0 saturated heterocycles. The summed E-state index contributed by atoms with van der Waals surface area (Å²) in [6, 6.07) is 6.33. The first-order valence-electron chi connectivity index (χ1n) is 5.85. The predicted molar refractivity (Wildman–Crippen MR) is 68.7 cm³/mol. The van der Waals surface area contributed by atoms with Gasteiger partial charge in [-0.15, -0.1) is 0 Å². The Labute approximate surface area is 106 Å². The van der Waals surface area contributed by atoms with Crippen molar-refractivity contribution in [3.8, 4) is 0 Å². The molecule has 0 bridgehead atoms. The Morgan fingerprint density at radius 3 is 2.22 bits per heavy atom. The van der Waals surface area contributed by atoms with Gasteiger partial charge >= 0.3 is 5.97 Å². The first-order chi connectivity index (χ1) is 8.59. The second-order valence-electron chi connectivity index (χ2n) is 4.39. The average Bonchev–Trinajstić information content (AvgIpc) is 2.91. The van der Waals surface area contributed by atoms with E-state index in [0.717, 1.165) is 18.5 Å². The number of rotatable bonds is 3. The Hall–Kier alpha value is -2.10. The van der Waals surface area contributed by atoms with Gasteiger partial charge in [-0.05, 0) is 37.1 Å². The molecule has 1 aromatic rings. The van der Waals surface area contributed by atoms with E-state index in [1.54, 1.807) is 24.1 Å². The maximum atomic E-state index is 12.1. The van der Waals surface area contributed by atoms with Crippen LogP contribution in [0.2, 0.25) is 0 Å². The number of nitrogens with zero attached hydrogens (tertiary/aromatic N) is 1. The van der Waals surface area contributed by atoms with Crippen LogP contribution in [0.5, 0.6) is 0 Å². The minimum absolute atomic E-state index is 0.0224. The molecule has 0 aliphatic heterocycles. The number of hydrogen-bond donors (Lipinski definition) is 1. The van der Waals surface area contributed by atoms with Gasteiger partial charge in [-0.2, -0.15) is 0 Å². The van der Waals surface area contributed by atoms with Gasteiger partial charge in [-0.3, -0.25) is 4.79 Å². The van der Waals surface area contributed by atoms with Crippen molar-refractivity contribution in [1.82, 2.24) is 0 Å². The third-order valence-electron chi connectivity index (χ3n) is 3.19. The molecule has 1 N–H and O–H groups in total. The molecule has 1 amide bonds. The highest BCUT2D eigenvalue weighted by molar-refractivity contribution is 5.95. The van der Waals surface area contributed by atoms with Crippen LogP contribution in [0.4, 0.5) is 5.69 Å². The van der Waals surface area contributed by atoms with E-state index in [-0.39, 0.29) is 17.4 Å². The highest BCUT2D eigenvalue weighted by Gasteiger charge is 2.23. The lowest BCUT2D eigenvalue weighted by molar-refractivity contribution is -0.121. The molecule has 0 saturated carbocycles. The third kappa shape index (κ3) is 2.42. The molecular weight excluding hydrogens is 230 g/mol. The van der Waals surface area contributed by atoms with Gasteiger partial charge < -0.3 is 10.0 Å². The summed E-state index contributed by atoms with van der Waals surface area (Å²) in [4.78, 5) is 24.5. The monoisotopic (exact) mass is 245 g/mol. The Morgan fingerprint density at radius 2 is 1.72 bits per heavy atom. The Balaban J connectivity index is 2.10. The fraction of sp³-hybridized carbons (Fsp3) is 0.286. The van der Waals surface area contributed by atoms with Crippen molar-refractivity contribution in [2.45, 2.75) is 12.8 Å². The summed E-state index contributed by atoms with van der Waals surface area (Å²) in [5, 5.41) is 8.81. The fourth-order valence-corrected chi connectivity index (χ4v) is 2.05. The zero-order valence-corrected chi connectivity index (χ0v) is 10.2. The smallest absolute Gasteiger partial charge is 0.335 e. The summed E-state index contributed by atoms with van der Waals surface area (Å²) in [5.74, 6) is -0.868. The predicted octanol–water partition coefficient (Wildman–Crippen LogP) is 2.31. The molecule has 2 rings (SSSR count). The highest BCUT2D eigenvalue weighted by atomic mass is 16.4. The number of benzene rings is 1. The molecule has 0 aromatic heterocycles. The molecule has 1 aliphatic carbocycles. The minimum Gasteiger partial charge on any atom is -0.478 e. The molecule has 0 radical (unpaired) electrons. The molecule has 0 fully saturated rings. The first kappa shape index (κ1) is 12.4. The van der Waals surface area contributed by atoms with Gasteiger partial charge in [0.2, 0.25) is 5.91 Å². The number of amides is 1. The lowest BCUT2D eigenvalue weighted by Gasteiger charge is -2.21. The van der Waals surface area contributed by atoms with Crippen LogP contribution in [-0.2, 0) is 4.79 Å². The molecule has 0 atom stereocenters. The largest absolute Gasteiger partial charge is 0.478 e. The van der Waals surface area contributed by atoms with E-state index in [1.165, 1.54) is 12.1 Å². The zero-order chi connectivity index (χ0) is 13.1. The van der Waals surface area contributed by atoms with E-state index in [0.29, 0.717) is 0 Å². The zero-order valence-electron chi connectivity index (χ0n) is 10.2. The van der Waals surface area contributed by atoms with Crippen LogP contribution in [0.15, 0.2) is 36.4 Å². The summed E-state index contributed by atoms with van der Waals surface area (Å²) in [5.41, 5.74) is 0.944. The average molecular weight is 245 g/mol. The van der Waals surface area contributed by atoms with Crippen molar-refractivity contribution in [1.29, 1.82) is 0 Å². The number of aromatic carboxylic acids is 1. The molecule has 0 spiro atoms. The van der Waals surface area contributed by atoms with E-state index in [1.807, 2.05) is 12.2 Å². The minimum atomic E-state index is -0.962. The van der Waals surface area contributed by atoms with E-state index >= 15 is 0 Å². The second kappa shape index (κ2) is 5.04. The quantitative estimate of drug-likeness (QED) is 0.831. The van der Waals surface area contributed by atoms with Crippen molar-refractivity contribution < 1.29 is 14.7 Å². The van der Waals surface area contributed by atoms with Crippen LogP contribution in [0.25, 0.3) is 0 Å². The van der Waals surface area contributed by atoms with Crippen LogP contribution in [-0.4, -0.2) is 24.0 Å². The van der Waals surface area contributed by atoms with Crippen molar-refractivity contribution in [3.63, 3.8) is 0 Å². The summed E-state index contributed by atoms with van der Waals surface area (Å²) >= 11 is 0. The standard InChI is InChI=1S/C14H15NO3/c1-15(13(16)10-4-2-3-5-10)12-8-6-11(7-9-12)14(17)18/h2-3,6-10H,4-5H2,1H3,(H,17,18). The van der Waals surface area contributed by atoms with Crippen LogP contribution in [0.1, 0.15) is 23.2 Å². The summed E-state index contributed by atoms with van der Waals surface area (Å²) in [6.45, 7) is 0. The number of anilines is 1. The van der Waals surface area contributed by atoms with Crippen LogP contribution < -0.4 is 4.90 Å². The van der Waals surface area contributed by atoms with Crippen molar-refractivity contribution in [2.75, 3.05) is 11.9 Å². The Kier molecular flexibility index (Phi) is 3.46. The highest BCUT2D eigenvalue weighted by Crippen LogP contribution is 2.23. The number of carbonyl (C=O) groups excluding carboxylic acids is 1. The number of carbonyl (C=O) groups is 2. The number of allylic oxidation sites excluding steroid dienone is 2. The van der Waals surface area contributed by atoms with Gasteiger partial charge in [0.15, 0.2) is 0 Å². The molecule has 1 aromatic carbocycles. The summed E-state index contributed by atoms with van der Waals surface area (Å²) in [6.07, 6.45) is 5.61. The van der Waals surface area contributed by atoms with Crippen molar-refractivity contribution >= 4 is 17.6 Å². The van der Waals surface area contributed by atoms with Crippen molar-refractivity contribution in [3.05, 3.63) is 42.0 Å². The molecule has 18 heavy (non-hydrogen) atoms. The topological polar surface area (TPSA) is 57.6 Å². The Bertz CT molecular complexity index is 482. The Morgan fingerprint density at radius 1 is 1.17 bits per heavy atom. The molecular formula is C14H15NO3. The molecule has 94 valence electrons. The van der Waals surface area contributed by atoms with Gasteiger partial charge in [0, 0.05) is 18.7 Å².